The van der Waals surface area contributed by atoms with Crippen molar-refractivity contribution in [3.05, 3.63) is 126 Å². The lowest BCUT2D eigenvalue weighted by Gasteiger charge is -2.14. The van der Waals surface area contributed by atoms with E-state index in [1.807, 2.05) is 39.8 Å². The van der Waals surface area contributed by atoms with Crippen molar-refractivity contribution in [1.82, 2.24) is 0 Å². The molecular weight excluding hydrogens is 775 g/mol. The van der Waals surface area contributed by atoms with Gasteiger partial charge in [0.1, 0.15) is 68.0 Å². The van der Waals surface area contributed by atoms with Crippen LogP contribution in [0.25, 0.3) is 44.6 Å². The topological polar surface area (TPSA) is 158 Å². The largest absolute Gasteiger partial charge is 0.507 e. The SMILES string of the molecule is COCOc1cc(O)c2c(=O)cc(-c3ccc(OC)c(Cl)c3)oc2c1CC=C(C)C.COc1ccc(-c2cc(=O)c3c(O)cc(O)c(CC=C(C)C)c3o2)cc1Cl. The summed E-state index contributed by atoms with van der Waals surface area (Å²) in [7, 11) is 4.54. The second kappa shape index (κ2) is 18.4. The number of hydrogen-bond donors (Lipinski definition) is 3. The Morgan fingerprint density at radius 2 is 1.07 bits per heavy atom. The van der Waals surface area contributed by atoms with Crippen LogP contribution in [0.2, 0.25) is 10.0 Å². The molecule has 57 heavy (non-hydrogen) atoms. The molecule has 3 N–H and O–H groups in total. The molecule has 2 heterocycles. The first kappa shape index (κ1) is 42.3. The predicted octanol–water partition coefficient (Wildman–Crippen LogP) is 10.4. The Morgan fingerprint density at radius 3 is 1.51 bits per heavy atom. The Labute approximate surface area is 338 Å². The predicted molar refractivity (Wildman–Crippen MR) is 223 cm³/mol. The van der Waals surface area contributed by atoms with Gasteiger partial charge in [-0.15, -0.1) is 0 Å². The van der Waals surface area contributed by atoms with Gasteiger partial charge in [0.25, 0.3) is 0 Å². The summed E-state index contributed by atoms with van der Waals surface area (Å²) in [6.45, 7) is 7.80. The average Bonchev–Trinajstić information content (AvgIpc) is 3.16. The number of halogens is 2. The third-order valence-electron chi connectivity index (χ3n) is 8.74. The molecule has 0 saturated heterocycles. The number of phenolic OH excluding ortho intramolecular Hbond substituents is 3. The van der Waals surface area contributed by atoms with E-state index in [1.54, 1.807) is 36.4 Å². The quantitative estimate of drug-likeness (QED) is 0.0844. The molecule has 13 heteroatoms. The standard InChI is InChI=1S/C23H23ClO6.C21H19ClO5/c1-13(2)5-7-15-21(29-12-27-3)11-18(26)22-17(25)10-20(30-23(15)22)14-6-8-19(28-4)16(24)9-14;1-11(2)4-6-13-15(23)9-16(24)20-17(25)10-19(27-21(13)20)12-5-7-18(26-3)14(22)8-12/h5-6,8-11,26H,7,12H2,1-4H3;4-5,7-10,23-24H,6H2,1-3H3. The van der Waals surface area contributed by atoms with Gasteiger partial charge in [-0.25, -0.2) is 0 Å². The van der Waals surface area contributed by atoms with Gasteiger partial charge in [0.05, 0.1) is 24.3 Å². The number of fused-ring (bicyclic) bond motifs is 2. The van der Waals surface area contributed by atoms with Crippen molar-refractivity contribution in [3.63, 3.8) is 0 Å². The second-order valence-corrected chi connectivity index (χ2v) is 14.2. The molecule has 0 aliphatic heterocycles. The summed E-state index contributed by atoms with van der Waals surface area (Å²) in [5.74, 6) is 1.32. The highest BCUT2D eigenvalue weighted by atomic mass is 35.5. The number of methoxy groups -OCH3 is 3. The van der Waals surface area contributed by atoms with E-state index in [0.29, 0.717) is 68.1 Å². The maximum Gasteiger partial charge on any atom is 0.197 e. The highest BCUT2D eigenvalue weighted by Gasteiger charge is 2.21. The van der Waals surface area contributed by atoms with Gasteiger partial charge in [-0.2, -0.15) is 0 Å². The molecule has 0 fully saturated rings. The number of aromatic hydroxyl groups is 3. The van der Waals surface area contributed by atoms with Gasteiger partial charge in [-0.05, 0) is 76.9 Å². The monoisotopic (exact) mass is 816 g/mol. The molecule has 298 valence electrons. The van der Waals surface area contributed by atoms with E-state index in [9.17, 15) is 24.9 Å². The zero-order valence-corrected chi connectivity index (χ0v) is 33.9. The smallest absolute Gasteiger partial charge is 0.197 e. The van der Waals surface area contributed by atoms with Gasteiger partial charge >= 0.3 is 0 Å². The number of ether oxygens (including phenoxy) is 4. The van der Waals surface area contributed by atoms with E-state index in [1.165, 1.54) is 39.5 Å². The molecule has 0 radical (unpaired) electrons. The Hall–Kier alpha value is -5.88. The van der Waals surface area contributed by atoms with Crippen molar-refractivity contribution >= 4 is 45.1 Å². The lowest BCUT2D eigenvalue weighted by molar-refractivity contribution is 0.0504. The van der Waals surface area contributed by atoms with Crippen LogP contribution in [-0.2, 0) is 17.6 Å². The number of rotatable bonds is 11. The van der Waals surface area contributed by atoms with Crippen LogP contribution in [0.15, 0.2) is 102 Å². The first-order valence-corrected chi connectivity index (χ1v) is 18.3. The van der Waals surface area contributed by atoms with Gasteiger partial charge in [-0.3, -0.25) is 9.59 Å². The summed E-state index contributed by atoms with van der Waals surface area (Å²) in [6.07, 6.45) is 4.71. The minimum atomic E-state index is -0.408. The molecule has 6 aromatic rings. The number of phenols is 3. The summed E-state index contributed by atoms with van der Waals surface area (Å²) < 4.78 is 33.0. The Balaban J connectivity index is 0.000000219. The fourth-order valence-corrected chi connectivity index (χ4v) is 6.39. The minimum absolute atomic E-state index is 0.00915. The van der Waals surface area contributed by atoms with Crippen molar-refractivity contribution < 1.29 is 43.1 Å². The van der Waals surface area contributed by atoms with Crippen LogP contribution >= 0.6 is 23.2 Å². The second-order valence-electron chi connectivity index (χ2n) is 13.3. The number of allylic oxidation sites excluding steroid dienone is 4. The zero-order chi connectivity index (χ0) is 41.6. The Kier molecular flexibility index (Phi) is 13.6. The lowest BCUT2D eigenvalue weighted by atomic mass is 10.0. The summed E-state index contributed by atoms with van der Waals surface area (Å²) >= 11 is 12.4. The highest BCUT2D eigenvalue weighted by Crippen LogP contribution is 2.39. The van der Waals surface area contributed by atoms with Gasteiger partial charge in [0, 0.05) is 53.6 Å². The van der Waals surface area contributed by atoms with E-state index in [2.05, 4.69) is 0 Å². The summed E-state index contributed by atoms with van der Waals surface area (Å²) in [4.78, 5) is 25.5. The fraction of sp³-hybridized carbons (Fsp3) is 0.227. The Bertz CT molecular complexity index is 2630. The minimum Gasteiger partial charge on any atom is -0.507 e. The van der Waals surface area contributed by atoms with E-state index >= 15 is 0 Å². The van der Waals surface area contributed by atoms with Crippen molar-refractivity contribution in [2.24, 2.45) is 0 Å². The molecule has 0 atom stereocenters. The van der Waals surface area contributed by atoms with E-state index < -0.39 is 5.43 Å². The van der Waals surface area contributed by atoms with Crippen LogP contribution in [0.3, 0.4) is 0 Å². The summed E-state index contributed by atoms with van der Waals surface area (Å²) in [5.41, 5.74) is 4.04. The molecule has 0 aliphatic rings. The van der Waals surface area contributed by atoms with Crippen molar-refractivity contribution in [3.8, 4) is 57.1 Å². The van der Waals surface area contributed by atoms with Crippen molar-refractivity contribution in [1.29, 1.82) is 0 Å². The van der Waals surface area contributed by atoms with Gasteiger partial charge in [0.2, 0.25) is 0 Å². The molecule has 6 rings (SSSR count). The maximum absolute atomic E-state index is 12.9. The van der Waals surface area contributed by atoms with Gasteiger partial charge < -0.3 is 43.1 Å². The van der Waals surface area contributed by atoms with Crippen LogP contribution < -0.4 is 25.1 Å². The van der Waals surface area contributed by atoms with E-state index in [-0.39, 0.29) is 57.2 Å². The molecule has 0 spiro atoms. The highest BCUT2D eigenvalue weighted by molar-refractivity contribution is 6.32. The summed E-state index contributed by atoms with van der Waals surface area (Å²) in [6, 6.07) is 15.3. The molecule has 0 aliphatic carbocycles. The van der Waals surface area contributed by atoms with Crippen LogP contribution in [0.1, 0.15) is 38.8 Å². The van der Waals surface area contributed by atoms with E-state index in [0.717, 1.165) is 17.2 Å². The third-order valence-corrected chi connectivity index (χ3v) is 9.33. The first-order valence-electron chi connectivity index (χ1n) is 17.6. The molecule has 2 aromatic heterocycles. The molecular formula is C44H42Cl2O11. The lowest BCUT2D eigenvalue weighted by Crippen LogP contribution is -2.06. The molecule has 4 aromatic carbocycles. The molecule has 0 saturated carbocycles. The van der Waals surface area contributed by atoms with Crippen LogP contribution in [0, 0.1) is 0 Å². The number of hydrogen-bond acceptors (Lipinski definition) is 11. The molecule has 11 nitrogen and oxygen atoms in total. The molecule has 0 bridgehead atoms. The first-order chi connectivity index (χ1) is 27.2. The molecule has 0 amide bonds. The summed E-state index contributed by atoms with van der Waals surface area (Å²) in [5, 5.41) is 31.8. The van der Waals surface area contributed by atoms with Crippen LogP contribution in [-0.4, -0.2) is 43.4 Å². The van der Waals surface area contributed by atoms with Crippen molar-refractivity contribution in [2.45, 2.75) is 40.5 Å². The van der Waals surface area contributed by atoms with E-state index in [4.69, 9.17) is 51.0 Å². The van der Waals surface area contributed by atoms with Gasteiger partial charge in [0.15, 0.2) is 17.7 Å². The normalized spacial score (nSPS) is 10.8. The van der Waals surface area contributed by atoms with Gasteiger partial charge in [-0.1, -0.05) is 46.5 Å². The average molecular weight is 818 g/mol. The zero-order valence-electron chi connectivity index (χ0n) is 32.4. The Morgan fingerprint density at radius 1 is 0.614 bits per heavy atom. The number of benzene rings is 4. The van der Waals surface area contributed by atoms with Crippen LogP contribution in [0.5, 0.6) is 34.5 Å². The third kappa shape index (κ3) is 9.57. The van der Waals surface area contributed by atoms with Crippen LogP contribution in [0.4, 0.5) is 0 Å². The fourth-order valence-electron chi connectivity index (χ4n) is 5.88. The maximum atomic E-state index is 12.9. The van der Waals surface area contributed by atoms with Crippen molar-refractivity contribution in [2.75, 3.05) is 28.1 Å². The molecule has 0 unspecified atom stereocenters.